The third-order valence-corrected chi connectivity index (χ3v) is 10.4. The normalized spacial score (nSPS) is 12.5. The van der Waals surface area contributed by atoms with Gasteiger partial charge in [0.2, 0.25) is 6.43 Å². The van der Waals surface area contributed by atoms with Crippen LogP contribution in [0.3, 0.4) is 0 Å². The van der Waals surface area contributed by atoms with Crippen LogP contribution in [0, 0.1) is 61.1 Å². The molecule has 10 heteroatoms. The van der Waals surface area contributed by atoms with Crippen molar-refractivity contribution < 1.29 is 39.5 Å². The molecule has 0 aliphatic heterocycles. The Kier molecular flexibility index (Phi) is 58.3. The van der Waals surface area contributed by atoms with Gasteiger partial charge in [0.15, 0.2) is 0 Å². The zero-order valence-corrected chi connectivity index (χ0v) is 59.1. The predicted molar refractivity (Wildman–Crippen MR) is 351 cm³/mol. The standard InChI is InChI=1S/C10H14.C7H13F3.C7H14F2.C7H15F.C7H16.C7H14.C7H12.C6H11F3.C6H14.C5H12S.CH4/c1-10(2,3)9-7-5-4-6-8-9;1-6(2,3)4-5-7(8,9)10;1-7(2,3)5-4-6(8)9;1-6(8)5-7(2,3)4;3*1-5-6-7(2,3)4;1-5(2,3)4-6(7,8)9;1-5-6(2,3)4;1-5(2,3)4-6;/h4-8H,1-3H3;4-5H2,1-3H3;6H,4-5H2,1-3H3;6H,5H2,1-4H3;5-6H2,1-4H3;5H,1,6H2,2-4H3;1H,6H2,2-4H3;4H2,1-3H3;5H2,1-4H3;6H,4H2,1-3H3;1H4. The van der Waals surface area contributed by atoms with Gasteiger partial charge >= 0.3 is 12.4 Å². The van der Waals surface area contributed by atoms with Gasteiger partial charge in [-0.05, 0) is 104 Å². The van der Waals surface area contributed by atoms with E-state index >= 15 is 0 Å². The lowest BCUT2D eigenvalue weighted by Gasteiger charge is -2.19. The zero-order chi connectivity index (χ0) is 66.2. The van der Waals surface area contributed by atoms with Crippen molar-refractivity contribution in [1.29, 1.82) is 0 Å². The molecule has 0 fully saturated rings. The lowest BCUT2D eigenvalue weighted by Crippen LogP contribution is -2.18. The van der Waals surface area contributed by atoms with Crippen molar-refractivity contribution in [2.24, 2.45) is 48.7 Å². The maximum Gasteiger partial charge on any atom is 0.389 e. The van der Waals surface area contributed by atoms with Gasteiger partial charge in [-0.2, -0.15) is 39.0 Å². The minimum Gasteiger partial charge on any atom is -0.248 e. The number of terminal acetylenes is 1. The van der Waals surface area contributed by atoms with Gasteiger partial charge in [0.05, 0.1) is 6.17 Å². The van der Waals surface area contributed by atoms with Crippen molar-refractivity contribution in [3.8, 4) is 12.3 Å². The molecule has 0 aliphatic rings. The molecule has 0 heterocycles. The highest BCUT2D eigenvalue weighted by Gasteiger charge is 2.33. The Bertz CT molecular complexity index is 1470. The highest BCUT2D eigenvalue weighted by Crippen LogP contribution is 2.32. The second-order valence-electron chi connectivity index (χ2n) is 32.6. The second-order valence-corrected chi connectivity index (χ2v) is 32.9. The van der Waals surface area contributed by atoms with Gasteiger partial charge in [-0.3, -0.25) is 0 Å². The highest BCUT2D eigenvalue weighted by atomic mass is 32.1. The molecular formula is C70H139F9S. The van der Waals surface area contributed by atoms with Gasteiger partial charge in [-0.25, -0.2) is 13.2 Å². The summed E-state index contributed by atoms with van der Waals surface area (Å²) >= 11 is 4.10. The maximum absolute atomic E-state index is 12.2. The summed E-state index contributed by atoms with van der Waals surface area (Å²) in [7, 11) is 0. The number of rotatable bonds is 6. The van der Waals surface area contributed by atoms with Crippen molar-refractivity contribution >= 4 is 12.6 Å². The Balaban J connectivity index is -0.0000000854. The average molecular weight is 1180 g/mol. The van der Waals surface area contributed by atoms with Crippen LogP contribution < -0.4 is 0 Å². The summed E-state index contributed by atoms with van der Waals surface area (Å²) in [6, 6.07) is 10.6. The fourth-order valence-electron chi connectivity index (χ4n) is 4.93. The first-order chi connectivity index (χ1) is 34.2. The summed E-state index contributed by atoms with van der Waals surface area (Å²) in [6.07, 6.45) is 2.23. The predicted octanol–water partition coefficient (Wildman–Crippen LogP) is 27.7. The van der Waals surface area contributed by atoms with E-state index < -0.39 is 43.2 Å². The van der Waals surface area contributed by atoms with Gasteiger partial charge in [-0.15, -0.1) is 18.9 Å². The molecule has 1 aromatic rings. The van der Waals surface area contributed by atoms with E-state index in [0.29, 0.717) is 45.3 Å². The molecule has 1 rings (SSSR count). The molecule has 0 radical (unpaired) electrons. The second kappa shape index (κ2) is 46.5. The summed E-state index contributed by atoms with van der Waals surface area (Å²) in [4.78, 5) is 0. The van der Waals surface area contributed by atoms with Crippen LogP contribution in [0.15, 0.2) is 43.0 Å². The molecule has 1 unspecified atom stereocenters. The molecule has 0 spiro atoms. The summed E-state index contributed by atoms with van der Waals surface area (Å²) in [5, 5.41) is 0. The van der Waals surface area contributed by atoms with Crippen molar-refractivity contribution in [2.75, 3.05) is 5.75 Å². The topological polar surface area (TPSA) is 0 Å². The van der Waals surface area contributed by atoms with Crippen LogP contribution in [0.2, 0.25) is 0 Å². The summed E-state index contributed by atoms with van der Waals surface area (Å²) in [6.45, 7) is 71.6. The Hall–Kier alpha value is -1.76. The van der Waals surface area contributed by atoms with Crippen LogP contribution in [0.25, 0.3) is 0 Å². The molecule has 0 nitrogen and oxygen atoms in total. The van der Waals surface area contributed by atoms with Gasteiger partial charge in [0.1, 0.15) is 0 Å². The number of allylic oxidation sites excluding steroid dienone is 1. The number of thiol groups is 1. The van der Waals surface area contributed by atoms with E-state index in [1.54, 1.807) is 48.5 Å². The van der Waals surface area contributed by atoms with Gasteiger partial charge in [-0.1, -0.05) is 278 Å². The first kappa shape index (κ1) is 100. The molecule has 0 bridgehead atoms. The fourth-order valence-corrected chi connectivity index (χ4v) is 4.93. The minimum absolute atomic E-state index is 0. The monoisotopic (exact) mass is 1180 g/mol. The number of halogens is 9. The largest absolute Gasteiger partial charge is 0.389 e. The zero-order valence-electron chi connectivity index (χ0n) is 58.2. The van der Waals surface area contributed by atoms with Crippen LogP contribution in [0.5, 0.6) is 0 Å². The lowest BCUT2D eigenvalue weighted by atomic mass is 9.87. The molecule has 0 aliphatic carbocycles. The lowest BCUT2D eigenvalue weighted by molar-refractivity contribution is -0.152. The average Bonchev–Trinajstić information content (AvgIpc) is 3.13. The first-order valence-electron chi connectivity index (χ1n) is 28.9. The third kappa shape index (κ3) is 147. The quantitative estimate of drug-likeness (QED) is 0.125. The molecule has 1 atom stereocenters. The van der Waals surface area contributed by atoms with E-state index in [1.807, 2.05) is 47.6 Å². The fraction of sp³-hybridized carbons (Fsp3) is 0.857. The first-order valence-corrected chi connectivity index (χ1v) is 29.6. The van der Waals surface area contributed by atoms with E-state index in [9.17, 15) is 39.5 Å². The van der Waals surface area contributed by atoms with E-state index in [2.05, 4.69) is 194 Å². The van der Waals surface area contributed by atoms with Gasteiger partial charge in [0.25, 0.3) is 0 Å². The van der Waals surface area contributed by atoms with Gasteiger partial charge < -0.3 is 0 Å². The molecule has 0 aromatic heterocycles. The summed E-state index contributed by atoms with van der Waals surface area (Å²) in [5.41, 5.74) is 3.28. The van der Waals surface area contributed by atoms with Crippen LogP contribution in [0.1, 0.15) is 312 Å². The van der Waals surface area contributed by atoms with E-state index in [-0.39, 0.29) is 36.5 Å². The van der Waals surface area contributed by atoms with Crippen LogP contribution in [-0.4, -0.2) is 30.7 Å². The van der Waals surface area contributed by atoms with Crippen molar-refractivity contribution in [3.63, 3.8) is 0 Å². The highest BCUT2D eigenvalue weighted by molar-refractivity contribution is 7.80. The molecular weight excluding hydrogens is 1040 g/mol. The molecule has 80 heavy (non-hydrogen) atoms. The van der Waals surface area contributed by atoms with Crippen molar-refractivity contribution in [1.82, 2.24) is 0 Å². The van der Waals surface area contributed by atoms with Crippen LogP contribution in [-0.2, 0) is 5.41 Å². The van der Waals surface area contributed by atoms with Crippen LogP contribution >= 0.6 is 12.6 Å². The Morgan fingerprint density at radius 2 is 0.850 bits per heavy atom. The van der Waals surface area contributed by atoms with Crippen molar-refractivity contribution in [3.05, 3.63) is 48.6 Å². The number of alkyl halides is 9. The Morgan fingerprint density at radius 1 is 0.500 bits per heavy atom. The minimum atomic E-state index is -4.02. The molecule has 1 aromatic carbocycles. The molecule has 488 valence electrons. The van der Waals surface area contributed by atoms with E-state index in [4.69, 9.17) is 6.42 Å². The van der Waals surface area contributed by atoms with Crippen molar-refractivity contribution in [2.45, 2.75) is 337 Å². The van der Waals surface area contributed by atoms with E-state index in [0.717, 1.165) is 18.6 Å². The summed E-state index contributed by atoms with van der Waals surface area (Å²) < 4.78 is 105. The van der Waals surface area contributed by atoms with Crippen LogP contribution in [0.4, 0.5) is 39.5 Å². The maximum atomic E-state index is 12.2. The van der Waals surface area contributed by atoms with E-state index in [1.165, 1.54) is 24.8 Å². The third-order valence-electron chi connectivity index (χ3n) is 9.46. The van der Waals surface area contributed by atoms with Gasteiger partial charge in [0, 0.05) is 25.7 Å². The Labute approximate surface area is 502 Å². The Morgan fingerprint density at radius 3 is 0.912 bits per heavy atom. The molecule has 0 amide bonds. The molecule has 0 saturated carbocycles. The number of benzene rings is 1. The number of hydrogen-bond donors (Lipinski definition) is 1. The number of hydrogen-bond acceptors (Lipinski definition) is 1. The molecule has 0 saturated heterocycles. The smallest absolute Gasteiger partial charge is 0.248 e. The molecule has 0 N–H and O–H groups in total. The SMILES string of the molecule is C.C#CCC(C)(C)C.C=CCC(C)(C)C.CC(C)(C)CC(F)(F)F.CC(C)(C)CCC(F)(F)F.CC(C)(C)CCC(F)F.CC(C)(C)CS.CC(C)(C)c1ccccc1.CC(F)CC(C)(C)C.CCC(C)(C)C.CCCC(C)(C)C. The summed E-state index contributed by atoms with van der Waals surface area (Å²) in [5.74, 6) is 3.57.